The highest BCUT2D eigenvalue weighted by atomic mass is 19.1. The minimum atomic E-state index is -0.763. The van der Waals surface area contributed by atoms with Crippen LogP contribution in [-0.2, 0) is 0 Å². The summed E-state index contributed by atoms with van der Waals surface area (Å²) in [6.07, 6.45) is 0.597. The first kappa shape index (κ1) is 12.7. The van der Waals surface area contributed by atoms with Crippen molar-refractivity contribution in [2.45, 2.75) is 32.8 Å². The third kappa shape index (κ3) is 2.56. The van der Waals surface area contributed by atoms with E-state index in [-0.39, 0.29) is 17.3 Å². The first-order valence-corrected chi connectivity index (χ1v) is 5.90. The number of benzene rings is 1. The minimum absolute atomic E-state index is 0.0950. The molecule has 5 heteroatoms. The SMILES string of the molecule is CCCC(O)c1noc(-c2ccc(C)cc2F)n1. The van der Waals surface area contributed by atoms with Crippen LogP contribution in [0.5, 0.6) is 0 Å². The molecule has 18 heavy (non-hydrogen) atoms. The van der Waals surface area contributed by atoms with Crippen molar-refractivity contribution in [3.05, 3.63) is 35.4 Å². The summed E-state index contributed by atoms with van der Waals surface area (Å²) in [5.41, 5.74) is 1.07. The molecule has 1 aromatic carbocycles. The first-order chi connectivity index (χ1) is 8.61. The Morgan fingerprint density at radius 1 is 1.44 bits per heavy atom. The smallest absolute Gasteiger partial charge is 0.260 e. The van der Waals surface area contributed by atoms with Crippen molar-refractivity contribution in [2.75, 3.05) is 0 Å². The van der Waals surface area contributed by atoms with Crippen LogP contribution in [0.3, 0.4) is 0 Å². The van der Waals surface area contributed by atoms with E-state index in [9.17, 15) is 9.50 Å². The Balaban J connectivity index is 2.29. The van der Waals surface area contributed by atoms with Crippen LogP contribution in [0.1, 0.15) is 37.3 Å². The largest absolute Gasteiger partial charge is 0.385 e. The Kier molecular flexibility index (Phi) is 3.72. The predicted molar refractivity (Wildman–Crippen MR) is 64.3 cm³/mol. The Morgan fingerprint density at radius 3 is 2.89 bits per heavy atom. The lowest BCUT2D eigenvalue weighted by molar-refractivity contribution is 0.153. The fourth-order valence-corrected chi connectivity index (χ4v) is 1.68. The van der Waals surface area contributed by atoms with Crippen molar-refractivity contribution in [1.82, 2.24) is 10.1 Å². The second kappa shape index (κ2) is 5.27. The lowest BCUT2D eigenvalue weighted by atomic mass is 10.1. The highest BCUT2D eigenvalue weighted by molar-refractivity contribution is 5.54. The molecule has 1 aromatic heterocycles. The quantitative estimate of drug-likeness (QED) is 0.906. The number of aryl methyl sites for hydroxylation is 1. The summed E-state index contributed by atoms with van der Waals surface area (Å²) in [6, 6.07) is 4.76. The third-order valence-electron chi connectivity index (χ3n) is 2.66. The van der Waals surface area contributed by atoms with Gasteiger partial charge in [0.2, 0.25) is 5.82 Å². The van der Waals surface area contributed by atoms with Crippen LogP contribution in [0, 0.1) is 12.7 Å². The summed E-state index contributed by atoms with van der Waals surface area (Å²) in [4.78, 5) is 4.02. The zero-order valence-electron chi connectivity index (χ0n) is 10.4. The molecule has 1 heterocycles. The van der Waals surface area contributed by atoms with Crippen molar-refractivity contribution in [3.8, 4) is 11.5 Å². The molecule has 0 saturated carbocycles. The van der Waals surface area contributed by atoms with Crippen molar-refractivity contribution in [3.63, 3.8) is 0 Å². The molecule has 0 amide bonds. The summed E-state index contributed by atoms with van der Waals surface area (Å²) >= 11 is 0. The highest BCUT2D eigenvalue weighted by Gasteiger charge is 2.17. The van der Waals surface area contributed by atoms with Crippen molar-refractivity contribution in [1.29, 1.82) is 0 Å². The van der Waals surface area contributed by atoms with E-state index in [1.54, 1.807) is 19.1 Å². The molecule has 0 saturated heterocycles. The molecule has 4 nitrogen and oxygen atoms in total. The van der Waals surface area contributed by atoms with E-state index in [1.807, 2.05) is 6.92 Å². The van der Waals surface area contributed by atoms with Gasteiger partial charge in [0.25, 0.3) is 5.89 Å². The number of hydrogen-bond acceptors (Lipinski definition) is 4. The number of aliphatic hydroxyl groups is 1. The van der Waals surface area contributed by atoms with E-state index < -0.39 is 11.9 Å². The van der Waals surface area contributed by atoms with Crippen LogP contribution in [0.15, 0.2) is 22.7 Å². The number of rotatable bonds is 4. The minimum Gasteiger partial charge on any atom is -0.385 e. The van der Waals surface area contributed by atoms with Gasteiger partial charge in [0, 0.05) is 0 Å². The van der Waals surface area contributed by atoms with E-state index in [0.717, 1.165) is 12.0 Å². The van der Waals surface area contributed by atoms with Crippen LogP contribution in [0.4, 0.5) is 4.39 Å². The van der Waals surface area contributed by atoms with Crippen LogP contribution < -0.4 is 0 Å². The topological polar surface area (TPSA) is 59.2 Å². The molecule has 1 atom stereocenters. The molecule has 0 fully saturated rings. The van der Waals surface area contributed by atoms with Gasteiger partial charge in [0.1, 0.15) is 11.9 Å². The van der Waals surface area contributed by atoms with Gasteiger partial charge in [-0.2, -0.15) is 4.98 Å². The number of aliphatic hydroxyl groups excluding tert-OH is 1. The molecule has 2 aromatic rings. The molecular formula is C13H15FN2O2. The van der Waals surface area contributed by atoms with E-state index in [1.165, 1.54) is 6.07 Å². The molecule has 0 radical (unpaired) electrons. The molecule has 0 aliphatic heterocycles. The number of halogens is 1. The van der Waals surface area contributed by atoms with Crippen molar-refractivity contribution in [2.24, 2.45) is 0 Å². The monoisotopic (exact) mass is 250 g/mol. The fourth-order valence-electron chi connectivity index (χ4n) is 1.68. The van der Waals surface area contributed by atoms with Gasteiger partial charge in [-0.3, -0.25) is 0 Å². The summed E-state index contributed by atoms with van der Waals surface area (Å²) in [5.74, 6) is -0.111. The van der Waals surface area contributed by atoms with E-state index in [0.29, 0.717) is 6.42 Å². The van der Waals surface area contributed by atoms with Gasteiger partial charge in [0.15, 0.2) is 0 Å². The zero-order chi connectivity index (χ0) is 13.1. The molecule has 1 unspecified atom stereocenters. The van der Waals surface area contributed by atoms with Crippen molar-refractivity contribution >= 4 is 0 Å². The van der Waals surface area contributed by atoms with Gasteiger partial charge in [-0.05, 0) is 31.0 Å². The maximum atomic E-state index is 13.7. The van der Waals surface area contributed by atoms with Crippen LogP contribution in [0.25, 0.3) is 11.5 Å². The molecule has 96 valence electrons. The zero-order valence-corrected chi connectivity index (χ0v) is 10.4. The van der Waals surface area contributed by atoms with E-state index in [2.05, 4.69) is 10.1 Å². The number of nitrogens with zero attached hydrogens (tertiary/aromatic N) is 2. The average molecular weight is 250 g/mol. The summed E-state index contributed by atoms with van der Waals surface area (Å²) in [7, 11) is 0. The predicted octanol–water partition coefficient (Wildman–Crippen LogP) is 3.02. The summed E-state index contributed by atoms with van der Waals surface area (Å²) < 4.78 is 18.7. The van der Waals surface area contributed by atoms with Crippen molar-refractivity contribution < 1.29 is 14.0 Å². The third-order valence-corrected chi connectivity index (χ3v) is 2.66. The molecule has 0 aliphatic rings. The van der Waals surface area contributed by atoms with Crippen LogP contribution in [0.2, 0.25) is 0 Å². The number of aromatic nitrogens is 2. The molecule has 2 rings (SSSR count). The van der Waals surface area contributed by atoms with Gasteiger partial charge >= 0.3 is 0 Å². The molecule has 0 spiro atoms. The van der Waals surface area contributed by atoms with Gasteiger partial charge in [-0.15, -0.1) is 0 Å². The Labute approximate surface area is 104 Å². The van der Waals surface area contributed by atoms with E-state index in [4.69, 9.17) is 4.52 Å². The molecular weight excluding hydrogens is 235 g/mol. The average Bonchev–Trinajstić information content (AvgIpc) is 2.78. The Hall–Kier alpha value is -1.75. The molecule has 0 aliphatic carbocycles. The maximum absolute atomic E-state index is 13.7. The summed E-state index contributed by atoms with van der Waals surface area (Å²) in [6.45, 7) is 3.75. The van der Waals surface area contributed by atoms with Gasteiger partial charge < -0.3 is 9.63 Å². The second-order valence-electron chi connectivity index (χ2n) is 4.25. The van der Waals surface area contributed by atoms with Crippen LogP contribution in [-0.4, -0.2) is 15.2 Å². The fraction of sp³-hybridized carbons (Fsp3) is 0.385. The van der Waals surface area contributed by atoms with Gasteiger partial charge in [0.05, 0.1) is 5.56 Å². The van der Waals surface area contributed by atoms with Gasteiger partial charge in [-0.1, -0.05) is 24.6 Å². The Morgan fingerprint density at radius 2 is 2.22 bits per heavy atom. The molecule has 0 bridgehead atoms. The van der Waals surface area contributed by atoms with E-state index >= 15 is 0 Å². The Bertz CT molecular complexity index is 540. The summed E-state index contributed by atoms with van der Waals surface area (Å²) in [5, 5.41) is 13.4. The molecule has 1 N–H and O–H groups in total. The highest BCUT2D eigenvalue weighted by Crippen LogP contribution is 2.24. The van der Waals surface area contributed by atoms with Crippen LogP contribution >= 0.6 is 0 Å². The number of hydrogen-bond donors (Lipinski definition) is 1. The normalized spacial score (nSPS) is 12.7. The maximum Gasteiger partial charge on any atom is 0.260 e. The lowest BCUT2D eigenvalue weighted by Gasteiger charge is -2.01. The standard InChI is InChI=1S/C13H15FN2O2/c1-3-4-11(17)12-15-13(18-16-12)9-6-5-8(2)7-10(9)14/h5-7,11,17H,3-4H2,1-2H3. The lowest BCUT2D eigenvalue weighted by Crippen LogP contribution is -1.99. The second-order valence-corrected chi connectivity index (χ2v) is 4.25. The van der Waals surface area contributed by atoms with Gasteiger partial charge in [-0.25, -0.2) is 4.39 Å². The first-order valence-electron chi connectivity index (χ1n) is 5.90.